The minimum absolute atomic E-state index is 0.333. The number of aliphatic hydroxyl groups is 1. The molecule has 1 rings (SSSR count). The highest BCUT2D eigenvalue weighted by atomic mass is 79.9. The van der Waals surface area contributed by atoms with Gasteiger partial charge in [0.25, 0.3) is 0 Å². The van der Waals surface area contributed by atoms with Gasteiger partial charge in [-0.05, 0) is 15.9 Å². The first-order valence-corrected chi connectivity index (χ1v) is 3.99. The van der Waals surface area contributed by atoms with Gasteiger partial charge in [-0.1, -0.05) is 0 Å². The molecule has 0 aliphatic rings. The van der Waals surface area contributed by atoms with E-state index in [1.807, 2.05) is 0 Å². The summed E-state index contributed by atoms with van der Waals surface area (Å²) >= 11 is 3.11. The molecule has 0 unspecified atom stereocenters. The van der Waals surface area contributed by atoms with Crippen LogP contribution in [0.4, 0.5) is 0 Å². The SMILES string of the molecule is O=C(O)C[C@@H](O)c1[nH]ncc1Br. The van der Waals surface area contributed by atoms with Gasteiger partial charge < -0.3 is 10.2 Å². The van der Waals surface area contributed by atoms with Gasteiger partial charge >= 0.3 is 5.97 Å². The summed E-state index contributed by atoms with van der Waals surface area (Å²) in [5, 5.41) is 23.8. The first-order chi connectivity index (χ1) is 5.61. The summed E-state index contributed by atoms with van der Waals surface area (Å²) in [5.41, 5.74) is 0.386. The van der Waals surface area contributed by atoms with Gasteiger partial charge in [0.15, 0.2) is 0 Å². The fraction of sp³-hybridized carbons (Fsp3) is 0.333. The van der Waals surface area contributed by atoms with Gasteiger partial charge in [-0.3, -0.25) is 9.89 Å². The Morgan fingerprint density at radius 1 is 1.83 bits per heavy atom. The maximum atomic E-state index is 10.2. The molecular formula is C6H7BrN2O3. The van der Waals surface area contributed by atoms with Crippen molar-refractivity contribution in [3.63, 3.8) is 0 Å². The Labute approximate surface area is 76.5 Å². The van der Waals surface area contributed by atoms with E-state index in [0.29, 0.717) is 10.2 Å². The normalized spacial score (nSPS) is 12.8. The van der Waals surface area contributed by atoms with E-state index in [2.05, 4.69) is 26.1 Å². The summed E-state index contributed by atoms with van der Waals surface area (Å²) < 4.78 is 0.580. The van der Waals surface area contributed by atoms with Crippen molar-refractivity contribution in [3.05, 3.63) is 16.4 Å². The standard InChI is InChI=1S/C6H7BrN2O3/c7-3-2-8-9-6(3)4(10)1-5(11)12/h2,4,10H,1H2,(H,8,9)(H,11,12)/t4-/m1/s1. The predicted octanol–water partition coefficient (Wildman–Crippen LogP) is 0.680. The zero-order chi connectivity index (χ0) is 9.14. The predicted molar refractivity (Wildman–Crippen MR) is 43.5 cm³/mol. The van der Waals surface area contributed by atoms with E-state index in [9.17, 15) is 9.90 Å². The Morgan fingerprint density at radius 2 is 2.50 bits per heavy atom. The Hall–Kier alpha value is -0.880. The Kier molecular flexibility index (Phi) is 2.83. The summed E-state index contributed by atoms with van der Waals surface area (Å²) in [6.45, 7) is 0. The Balaban J connectivity index is 2.71. The van der Waals surface area contributed by atoms with Crippen LogP contribution in [-0.4, -0.2) is 26.4 Å². The molecule has 0 aromatic carbocycles. The van der Waals surface area contributed by atoms with E-state index in [1.165, 1.54) is 6.20 Å². The zero-order valence-electron chi connectivity index (χ0n) is 5.99. The van der Waals surface area contributed by atoms with Crippen molar-refractivity contribution in [3.8, 4) is 0 Å². The van der Waals surface area contributed by atoms with Crippen LogP contribution in [0.3, 0.4) is 0 Å². The maximum absolute atomic E-state index is 10.2. The van der Waals surface area contributed by atoms with E-state index >= 15 is 0 Å². The van der Waals surface area contributed by atoms with Crippen LogP contribution in [0.5, 0.6) is 0 Å². The van der Waals surface area contributed by atoms with Crippen LogP contribution in [0.25, 0.3) is 0 Å². The molecule has 6 heteroatoms. The third-order valence-corrected chi connectivity index (χ3v) is 1.95. The van der Waals surface area contributed by atoms with Gasteiger partial charge in [-0.15, -0.1) is 0 Å². The minimum atomic E-state index is -1.05. The molecule has 0 aliphatic carbocycles. The van der Waals surface area contributed by atoms with Crippen LogP contribution >= 0.6 is 15.9 Å². The molecule has 1 heterocycles. The molecular weight excluding hydrogens is 228 g/mol. The van der Waals surface area contributed by atoms with Crippen molar-refractivity contribution in [1.82, 2.24) is 10.2 Å². The van der Waals surface area contributed by atoms with Gasteiger partial charge in [0.05, 0.1) is 22.8 Å². The molecule has 12 heavy (non-hydrogen) atoms. The number of aromatic amines is 1. The summed E-state index contributed by atoms with van der Waals surface area (Å²) in [7, 11) is 0. The lowest BCUT2D eigenvalue weighted by atomic mass is 10.2. The van der Waals surface area contributed by atoms with Crippen molar-refractivity contribution >= 4 is 21.9 Å². The van der Waals surface area contributed by atoms with E-state index in [4.69, 9.17) is 5.11 Å². The quantitative estimate of drug-likeness (QED) is 0.718. The monoisotopic (exact) mass is 234 g/mol. The molecule has 0 bridgehead atoms. The first-order valence-electron chi connectivity index (χ1n) is 3.20. The second-order valence-corrected chi connectivity index (χ2v) is 3.10. The zero-order valence-corrected chi connectivity index (χ0v) is 7.58. The largest absolute Gasteiger partial charge is 0.481 e. The van der Waals surface area contributed by atoms with Crippen LogP contribution in [-0.2, 0) is 4.79 Å². The lowest BCUT2D eigenvalue weighted by Crippen LogP contribution is -2.06. The summed E-state index contributed by atoms with van der Waals surface area (Å²) in [5.74, 6) is -1.05. The fourth-order valence-electron chi connectivity index (χ4n) is 0.783. The molecule has 0 radical (unpaired) electrons. The fourth-order valence-corrected chi connectivity index (χ4v) is 1.24. The number of nitrogens with one attached hydrogen (secondary N) is 1. The van der Waals surface area contributed by atoms with Gasteiger partial charge in [0.2, 0.25) is 0 Å². The highest BCUT2D eigenvalue weighted by molar-refractivity contribution is 9.10. The van der Waals surface area contributed by atoms with Crippen LogP contribution in [0.2, 0.25) is 0 Å². The topological polar surface area (TPSA) is 86.2 Å². The number of hydrogen-bond donors (Lipinski definition) is 3. The minimum Gasteiger partial charge on any atom is -0.481 e. The van der Waals surface area contributed by atoms with Crippen molar-refractivity contribution in [2.75, 3.05) is 0 Å². The van der Waals surface area contributed by atoms with E-state index in [-0.39, 0.29) is 6.42 Å². The smallest absolute Gasteiger partial charge is 0.306 e. The number of hydrogen-bond acceptors (Lipinski definition) is 3. The Morgan fingerprint density at radius 3 is 2.92 bits per heavy atom. The summed E-state index contributed by atoms with van der Waals surface area (Å²) in [6.07, 6.45) is 0.0839. The van der Waals surface area contributed by atoms with Gasteiger partial charge in [-0.25, -0.2) is 0 Å². The van der Waals surface area contributed by atoms with Crippen LogP contribution in [0.1, 0.15) is 18.2 Å². The highest BCUT2D eigenvalue weighted by Gasteiger charge is 2.16. The first kappa shape index (κ1) is 9.21. The van der Waals surface area contributed by atoms with E-state index in [1.54, 1.807) is 0 Å². The van der Waals surface area contributed by atoms with Crippen LogP contribution in [0, 0.1) is 0 Å². The summed E-state index contributed by atoms with van der Waals surface area (Å²) in [4.78, 5) is 10.2. The number of nitrogens with zero attached hydrogens (tertiary/aromatic N) is 1. The number of H-pyrrole nitrogens is 1. The molecule has 0 saturated heterocycles. The maximum Gasteiger partial charge on any atom is 0.306 e. The number of aliphatic hydroxyl groups excluding tert-OH is 1. The molecule has 5 nitrogen and oxygen atoms in total. The molecule has 1 aromatic rings. The van der Waals surface area contributed by atoms with Crippen molar-refractivity contribution in [1.29, 1.82) is 0 Å². The molecule has 0 spiro atoms. The molecule has 1 aromatic heterocycles. The molecule has 1 atom stereocenters. The third-order valence-electron chi connectivity index (χ3n) is 1.32. The number of carboxylic acid groups (broad SMARTS) is 1. The average molecular weight is 235 g/mol. The number of carbonyl (C=O) groups is 1. The van der Waals surface area contributed by atoms with Crippen LogP contribution < -0.4 is 0 Å². The second-order valence-electron chi connectivity index (χ2n) is 2.25. The number of aliphatic carboxylic acids is 1. The molecule has 66 valence electrons. The molecule has 3 N–H and O–H groups in total. The van der Waals surface area contributed by atoms with Crippen molar-refractivity contribution in [2.45, 2.75) is 12.5 Å². The molecule has 0 amide bonds. The van der Waals surface area contributed by atoms with Gasteiger partial charge in [0, 0.05) is 0 Å². The molecule has 0 saturated carbocycles. The lowest BCUT2D eigenvalue weighted by Gasteiger charge is -2.04. The third kappa shape index (κ3) is 2.05. The molecule has 0 fully saturated rings. The summed E-state index contributed by atoms with van der Waals surface area (Å²) in [6, 6.07) is 0. The number of carboxylic acids is 1. The number of aromatic nitrogens is 2. The van der Waals surface area contributed by atoms with E-state index < -0.39 is 12.1 Å². The van der Waals surface area contributed by atoms with Crippen molar-refractivity contribution < 1.29 is 15.0 Å². The second kappa shape index (κ2) is 3.68. The Bertz CT molecular complexity index is 286. The van der Waals surface area contributed by atoms with E-state index in [0.717, 1.165) is 0 Å². The number of halogens is 1. The lowest BCUT2D eigenvalue weighted by molar-refractivity contribution is -0.139. The average Bonchev–Trinajstić information content (AvgIpc) is 2.33. The number of rotatable bonds is 3. The van der Waals surface area contributed by atoms with Crippen LogP contribution in [0.15, 0.2) is 10.7 Å². The van der Waals surface area contributed by atoms with Gasteiger partial charge in [-0.2, -0.15) is 5.10 Å². The van der Waals surface area contributed by atoms with Gasteiger partial charge in [0.1, 0.15) is 6.10 Å². The molecule has 0 aliphatic heterocycles. The highest BCUT2D eigenvalue weighted by Crippen LogP contribution is 2.22. The van der Waals surface area contributed by atoms with Crippen molar-refractivity contribution in [2.24, 2.45) is 0 Å².